The lowest BCUT2D eigenvalue weighted by molar-refractivity contribution is 0.448. The molecule has 1 aromatic rings. The van der Waals surface area contributed by atoms with E-state index in [4.69, 9.17) is 5.73 Å². The van der Waals surface area contributed by atoms with Crippen molar-refractivity contribution in [3.05, 3.63) is 29.6 Å². The molecule has 1 aromatic carbocycles. The Hall–Kier alpha value is -1.12. The van der Waals surface area contributed by atoms with Gasteiger partial charge >= 0.3 is 0 Å². The Labute approximate surface area is 115 Å². The maximum absolute atomic E-state index is 13.5. The van der Waals surface area contributed by atoms with Crippen LogP contribution in [0, 0.1) is 23.4 Å². The molecule has 0 amide bonds. The Kier molecular flexibility index (Phi) is 4.36. The summed E-state index contributed by atoms with van der Waals surface area (Å²) in [5.74, 6) is -4.19. The fourth-order valence-electron chi connectivity index (χ4n) is 2.45. The van der Waals surface area contributed by atoms with Gasteiger partial charge in [-0.1, -0.05) is 6.42 Å². The molecule has 2 rings (SSSR count). The van der Waals surface area contributed by atoms with Crippen molar-refractivity contribution in [2.45, 2.75) is 30.2 Å². The van der Waals surface area contributed by atoms with Crippen LogP contribution >= 0.6 is 0 Å². The van der Waals surface area contributed by atoms with Gasteiger partial charge < -0.3 is 5.73 Å². The summed E-state index contributed by atoms with van der Waals surface area (Å²) in [5, 5.41) is 0. The number of hydrogen-bond acceptors (Lipinski definition) is 3. The second kappa shape index (κ2) is 5.71. The van der Waals surface area contributed by atoms with E-state index in [1.165, 1.54) is 0 Å². The van der Waals surface area contributed by atoms with Crippen molar-refractivity contribution < 1.29 is 21.6 Å². The molecule has 0 unspecified atom stereocenters. The van der Waals surface area contributed by atoms with Gasteiger partial charge in [-0.05, 0) is 31.4 Å². The predicted molar refractivity (Wildman–Crippen MR) is 66.8 cm³/mol. The van der Waals surface area contributed by atoms with E-state index < -0.39 is 38.4 Å². The predicted octanol–water partition coefficient (Wildman–Crippen LogP) is 1.51. The lowest BCUT2D eigenvalue weighted by Gasteiger charge is -2.19. The van der Waals surface area contributed by atoms with Gasteiger partial charge in [0.05, 0.1) is 0 Å². The van der Waals surface area contributed by atoms with Gasteiger partial charge in [0.25, 0.3) is 0 Å². The molecule has 0 aliphatic heterocycles. The summed E-state index contributed by atoms with van der Waals surface area (Å²) in [7, 11) is -4.24. The zero-order chi connectivity index (χ0) is 14.9. The molecule has 3 N–H and O–H groups in total. The molecule has 4 nitrogen and oxygen atoms in total. The van der Waals surface area contributed by atoms with Crippen LogP contribution < -0.4 is 10.5 Å². The van der Waals surface area contributed by atoms with Gasteiger partial charge in [0.15, 0.2) is 11.6 Å². The van der Waals surface area contributed by atoms with Crippen LogP contribution in [0.25, 0.3) is 0 Å². The highest BCUT2D eigenvalue weighted by molar-refractivity contribution is 7.89. The summed E-state index contributed by atoms with van der Waals surface area (Å²) >= 11 is 0. The van der Waals surface area contributed by atoms with Crippen molar-refractivity contribution in [2.24, 2.45) is 11.7 Å². The molecule has 0 saturated heterocycles. The van der Waals surface area contributed by atoms with E-state index in [-0.39, 0.29) is 12.0 Å². The second-order valence-electron chi connectivity index (χ2n) is 4.85. The van der Waals surface area contributed by atoms with Crippen LogP contribution in [0.3, 0.4) is 0 Å². The Morgan fingerprint density at radius 3 is 2.45 bits per heavy atom. The van der Waals surface area contributed by atoms with E-state index in [0.29, 0.717) is 19.0 Å². The first-order chi connectivity index (χ1) is 9.35. The summed E-state index contributed by atoms with van der Waals surface area (Å²) in [6.07, 6.45) is 2.19. The van der Waals surface area contributed by atoms with E-state index in [1.807, 2.05) is 0 Å². The Bertz CT molecular complexity index is 607. The van der Waals surface area contributed by atoms with Gasteiger partial charge in [-0.15, -0.1) is 0 Å². The lowest BCUT2D eigenvalue weighted by atomic mass is 10.1. The number of hydrogen-bond donors (Lipinski definition) is 2. The Morgan fingerprint density at radius 2 is 1.80 bits per heavy atom. The quantitative estimate of drug-likeness (QED) is 0.828. The van der Waals surface area contributed by atoms with Crippen molar-refractivity contribution in [3.8, 4) is 0 Å². The maximum Gasteiger partial charge on any atom is 0.243 e. The summed E-state index contributed by atoms with van der Waals surface area (Å²) in [4.78, 5) is -0.890. The van der Waals surface area contributed by atoms with Crippen LogP contribution in [0.1, 0.15) is 19.3 Å². The van der Waals surface area contributed by atoms with Crippen LogP contribution in [0.4, 0.5) is 13.2 Å². The molecule has 0 bridgehead atoms. The Morgan fingerprint density at radius 1 is 1.15 bits per heavy atom. The third-order valence-corrected chi connectivity index (χ3v) is 5.04. The standard InChI is InChI=1S/C12H15F3N2O2S/c13-8-4-10(15)12(5-9(8)14)20(18,19)17-11-3-1-2-7(11)6-16/h4-5,7,11,17H,1-3,6,16H2/t7-,11+/m0/s1. The Balaban J connectivity index is 2.29. The zero-order valence-electron chi connectivity index (χ0n) is 10.6. The van der Waals surface area contributed by atoms with E-state index in [0.717, 1.165) is 12.8 Å². The van der Waals surface area contributed by atoms with Crippen LogP contribution in [0.2, 0.25) is 0 Å². The molecule has 1 aliphatic rings. The van der Waals surface area contributed by atoms with Crippen molar-refractivity contribution in [1.82, 2.24) is 4.72 Å². The minimum atomic E-state index is -4.24. The fourth-order valence-corrected chi connectivity index (χ4v) is 3.86. The van der Waals surface area contributed by atoms with Gasteiger partial charge in [0.1, 0.15) is 10.7 Å². The molecular weight excluding hydrogens is 293 g/mol. The maximum atomic E-state index is 13.5. The molecule has 1 aliphatic carbocycles. The third-order valence-electron chi connectivity index (χ3n) is 3.53. The molecule has 0 heterocycles. The molecule has 1 saturated carbocycles. The van der Waals surface area contributed by atoms with Gasteiger partial charge in [-0.2, -0.15) is 0 Å². The number of halogens is 3. The van der Waals surface area contributed by atoms with E-state index in [1.54, 1.807) is 0 Å². The first kappa shape index (κ1) is 15.3. The van der Waals surface area contributed by atoms with Crippen LogP contribution in [-0.2, 0) is 10.0 Å². The zero-order valence-corrected chi connectivity index (χ0v) is 11.4. The first-order valence-electron chi connectivity index (χ1n) is 6.22. The SMILES string of the molecule is NC[C@@H]1CCC[C@H]1NS(=O)(=O)c1cc(F)c(F)cc1F. The highest BCUT2D eigenvalue weighted by Crippen LogP contribution is 2.27. The fraction of sp³-hybridized carbons (Fsp3) is 0.500. The average molecular weight is 308 g/mol. The molecule has 8 heteroatoms. The lowest BCUT2D eigenvalue weighted by Crippen LogP contribution is -2.40. The summed E-state index contributed by atoms with van der Waals surface area (Å²) in [6.45, 7) is 0.313. The number of rotatable bonds is 4. The molecule has 1 fully saturated rings. The first-order valence-corrected chi connectivity index (χ1v) is 7.70. The molecule has 0 radical (unpaired) electrons. The minimum Gasteiger partial charge on any atom is -0.330 e. The third kappa shape index (κ3) is 2.97. The summed E-state index contributed by atoms with van der Waals surface area (Å²) in [6, 6.07) is 0.163. The summed E-state index contributed by atoms with van der Waals surface area (Å²) in [5.41, 5.74) is 5.54. The monoisotopic (exact) mass is 308 g/mol. The number of nitrogens with one attached hydrogen (secondary N) is 1. The minimum absolute atomic E-state index is 0.0295. The van der Waals surface area contributed by atoms with Crippen molar-refractivity contribution in [3.63, 3.8) is 0 Å². The molecular formula is C12H15F3N2O2S. The van der Waals surface area contributed by atoms with Gasteiger partial charge in [0, 0.05) is 12.1 Å². The summed E-state index contributed by atoms with van der Waals surface area (Å²) < 4.78 is 65.9. The molecule has 2 atom stereocenters. The molecule has 0 aromatic heterocycles. The number of sulfonamides is 1. The molecule has 20 heavy (non-hydrogen) atoms. The van der Waals surface area contributed by atoms with E-state index in [9.17, 15) is 21.6 Å². The van der Waals surface area contributed by atoms with Gasteiger partial charge in [-0.3, -0.25) is 0 Å². The molecule has 0 spiro atoms. The van der Waals surface area contributed by atoms with E-state index in [2.05, 4.69) is 4.72 Å². The van der Waals surface area contributed by atoms with Crippen molar-refractivity contribution >= 4 is 10.0 Å². The highest BCUT2D eigenvalue weighted by atomic mass is 32.2. The van der Waals surface area contributed by atoms with Gasteiger partial charge in [0.2, 0.25) is 10.0 Å². The average Bonchev–Trinajstić information content (AvgIpc) is 2.80. The van der Waals surface area contributed by atoms with Crippen LogP contribution in [0.15, 0.2) is 17.0 Å². The highest BCUT2D eigenvalue weighted by Gasteiger charge is 2.32. The van der Waals surface area contributed by atoms with Gasteiger partial charge in [-0.25, -0.2) is 26.3 Å². The van der Waals surface area contributed by atoms with E-state index >= 15 is 0 Å². The topological polar surface area (TPSA) is 72.2 Å². The largest absolute Gasteiger partial charge is 0.330 e. The smallest absolute Gasteiger partial charge is 0.243 e. The molecule has 112 valence electrons. The number of nitrogens with two attached hydrogens (primary N) is 1. The van der Waals surface area contributed by atoms with Crippen LogP contribution in [-0.4, -0.2) is 21.0 Å². The van der Waals surface area contributed by atoms with Crippen molar-refractivity contribution in [1.29, 1.82) is 0 Å². The number of benzene rings is 1. The van der Waals surface area contributed by atoms with Crippen LogP contribution in [0.5, 0.6) is 0 Å². The second-order valence-corrected chi connectivity index (χ2v) is 6.53. The van der Waals surface area contributed by atoms with Crippen molar-refractivity contribution in [2.75, 3.05) is 6.54 Å². The normalized spacial score (nSPS) is 23.2.